The minimum atomic E-state index is -4.12. The Morgan fingerprint density at radius 3 is 2.55 bits per heavy atom. The number of benzene rings is 3. The van der Waals surface area contributed by atoms with Crippen LogP contribution in [0.25, 0.3) is 22.1 Å². The fraction of sp³-hybridized carbons (Fsp3) is 0.0435. The van der Waals surface area contributed by atoms with Crippen molar-refractivity contribution in [3.05, 3.63) is 92.2 Å². The molecular formula is C23H15ClN2O5S2. The Morgan fingerprint density at radius 1 is 1.03 bits per heavy atom. The minimum absolute atomic E-state index is 0.000400. The van der Waals surface area contributed by atoms with E-state index in [1.54, 1.807) is 22.6 Å². The number of thiazole rings is 1. The first kappa shape index (κ1) is 21.4. The molecular weight excluding hydrogens is 484 g/mol. The van der Waals surface area contributed by atoms with Crippen LogP contribution in [0.4, 0.5) is 0 Å². The Balaban J connectivity index is 1.57. The molecule has 2 heterocycles. The number of aromatic nitrogens is 2. The van der Waals surface area contributed by atoms with E-state index in [0.29, 0.717) is 20.1 Å². The first-order chi connectivity index (χ1) is 15.9. The Labute approximate surface area is 197 Å². The normalized spacial score (nSPS) is 12.5. The number of methoxy groups -OCH3 is 1. The first-order valence-electron chi connectivity index (χ1n) is 9.65. The van der Waals surface area contributed by atoms with E-state index >= 15 is 0 Å². The molecule has 7 nitrogen and oxygen atoms in total. The lowest BCUT2D eigenvalue weighted by molar-refractivity contribution is 0.390. The van der Waals surface area contributed by atoms with Gasteiger partial charge in [-0.25, -0.2) is 9.38 Å². The first-order valence-corrected chi connectivity index (χ1v) is 12.3. The zero-order chi connectivity index (χ0) is 23.2. The van der Waals surface area contributed by atoms with Crippen LogP contribution >= 0.6 is 22.9 Å². The third-order valence-electron chi connectivity index (χ3n) is 4.93. The number of imidazole rings is 1. The lowest BCUT2D eigenvalue weighted by Crippen LogP contribution is -2.22. The molecule has 2 aromatic heterocycles. The highest BCUT2D eigenvalue weighted by Gasteiger charge is 2.19. The highest BCUT2D eigenvalue weighted by molar-refractivity contribution is 7.87. The predicted octanol–water partition coefficient (Wildman–Crippen LogP) is 3.89. The van der Waals surface area contributed by atoms with Gasteiger partial charge in [-0.1, -0.05) is 41.1 Å². The van der Waals surface area contributed by atoms with Crippen molar-refractivity contribution in [2.24, 2.45) is 0 Å². The fourth-order valence-corrected chi connectivity index (χ4v) is 5.42. The number of nitrogens with zero attached hydrogens (tertiary/aromatic N) is 2. The quantitative estimate of drug-likeness (QED) is 0.342. The summed E-state index contributed by atoms with van der Waals surface area (Å²) in [6.45, 7) is 0. The summed E-state index contributed by atoms with van der Waals surface area (Å²) in [5.74, 6) is 0.236. The van der Waals surface area contributed by atoms with Gasteiger partial charge in [0.15, 0.2) is 16.5 Å². The van der Waals surface area contributed by atoms with Crippen molar-refractivity contribution in [2.75, 3.05) is 7.11 Å². The third kappa shape index (κ3) is 3.95. The van der Waals surface area contributed by atoms with E-state index in [-0.39, 0.29) is 22.0 Å². The molecule has 166 valence electrons. The van der Waals surface area contributed by atoms with Gasteiger partial charge in [-0.15, -0.1) is 0 Å². The summed E-state index contributed by atoms with van der Waals surface area (Å²) in [5.41, 5.74) is 1.86. The van der Waals surface area contributed by atoms with E-state index < -0.39 is 10.1 Å². The van der Waals surface area contributed by atoms with Crippen LogP contribution in [0.3, 0.4) is 0 Å². The molecule has 0 N–H and O–H groups in total. The molecule has 5 rings (SSSR count). The van der Waals surface area contributed by atoms with Crippen molar-refractivity contribution in [3.8, 4) is 11.5 Å². The maximum atomic E-state index is 13.0. The Kier molecular flexibility index (Phi) is 5.32. The van der Waals surface area contributed by atoms with Crippen molar-refractivity contribution in [3.63, 3.8) is 0 Å². The van der Waals surface area contributed by atoms with Gasteiger partial charge >= 0.3 is 10.1 Å². The van der Waals surface area contributed by atoms with Gasteiger partial charge in [-0.05, 0) is 60.2 Å². The van der Waals surface area contributed by atoms with Gasteiger partial charge < -0.3 is 8.92 Å². The monoisotopic (exact) mass is 498 g/mol. The summed E-state index contributed by atoms with van der Waals surface area (Å²) < 4.78 is 38.1. The lowest BCUT2D eigenvalue weighted by atomic mass is 10.2. The largest absolute Gasteiger partial charge is 0.493 e. The SMILES string of the molecule is COc1ccc(C=c2sc3nc4ccccc4n3c2=O)cc1OS(=O)(=O)c1ccc(Cl)cc1. The van der Waals surface area contributed by atoms with Crippen molar-refractivity contribution in [1.82, 2.24) is 9.38 Å². The molecule has 0 aliphatic carbocycles. The van der Waals surface area contributed by atoms with E-state index in [1.165, 1.54) is 48.8 Å². The number of rotatable bonds is 5. The Morgan fingerprint density at radius 2 is 1.79 bits per heavy atom. The summed E-state index contributed by atoms with van der Waals surface area (Å²) in [6.07, 6.45) is 1.66. The number of hydrogen-bond acceptors (Lipinski definition) is 7. The highest BCUT2D eigenvalue weighted by atomic mass is 35.5. The van der Waals surface area contributed by atoms with Crippen molar-refractivity contribution < 1.29 is 17.3 Å². The fourth-order valence-electron chi connectivity index (χ4n) is 3.38. The Bertz CT molecular complexity index is 1720. The molecule has 0 aliphatic heterocycles. The molecule has 0 radical (unpaired) electrons. The van der Waals surface area contributed by atoms with E-state index in [4.69, 9.17) is 20.5 Å². The topological polar surface area (TPSA) is 87.0 Å². The van der Waals surface area contributed by atoms with Gasteiger partial charge in [0.2, 0.25) is 0 Å². The average Bonchev–Trinajstić information content (AvgIpc) is 3.30. The van der Waals surface area contributed by atoms with Crippen LogP contribution in [-0.2, 0) is 10.1 Å². The van der Waals surface area contributed by atoms with E-state index in [0.717, 1.165) is 11.0 Å². The lowest BCUT2D eigenvalue weighted by Gasteiger charge is -2.11. The van der Waals surface area contributed by atoms with Gasteiger partial charge in [0, 0.05) is 5.02 Å². The molecule has 5 aromatic rings. The van der Waals surface area contributed by atoms with Crippen LogP contribution < -0.4 is 19.0 Å². The van der Waals surface area contributed by atoms with Crippen LogP contribution in [0.2, 0.25) is 5.02 Å². The maximum Gasteiger partial charge on any atom is 0.339 e. The summed E-state index contributed by atoms with van der Waals surface area (Å²) in [7, 11) is -2.71. The molecule has 0 unspecified atom stereocenters. The summed E-state index contributed by atoms with van der Waals surface area (Å²) in [6, 6.07) is 17.9. The standard InChI is InChI=1S/C23H15ClN2O5S2/c1-30-19-11-6-14(12-20(19)31-33(28,29)16-9-7-15(24)8-10-16)13-21-22(27)26-18-5-3-2-4-17(18)25-23(26)32-21/h2-13H,1H3. The van der Waals surface area contributed by atoms with Gasteiger partial charge in [-0.2, -0.15) is 8.42 Å². The van der Waals surface area contributed by atoms with Crippen molar-refractivity contribution >= 4 is 55.1 Å². The minimum Gasteiger partial charge on any atom is -0.493 e. The molecule has 0 amide bonds. The van der Waals surface area contributed by atoms with Crippen LogP contribution in [0.15, 0.2) is 76.4 Å². The second kappa shape index (κ2) is 8.18. The van der Waals surface area contributed by atoms with Crippen LogP contribution in [-0.4, -0.2) is 24.9 Å². The molecule has 3 aromatic carbocycles. The van der Waals surface area contributed by atoms with E-state index in [1.807, 2.05) is 24.3 Å². The molecule has 0 spiro atoms. The Hall–Kier alpha value is -3.40. The molecule has 0 bridgehead atoms. The molecule has 0 aliphatic rings. The molecule has 0 fully saturated rings. The molecule has 0 saturated heterocycles. The van der Waals surface area contributed by atoms with Crippen LogP contribution in [0, 0.1) is 0 Å². The van der Waals surface area contributed by atoms with Gasteiger partial charge in [0.25, 0.3) is 5.56 Å². The maximum absolute atomic E-state index is 13.0. The summed E-state index contributed by atoms with van der Waals surface area (Å²) in [5, 5.41) is 0.409. The molecule has 10 heteroatoms. The second-order valence-corrected chi connectivity index (χ2v) is 10.0. The van der Waals surface area contributed by atoms with Gasteiger partial charge in [-0.3, -0.25) is 4.79 Å². The molecule has 0 atom stereocenters. The zero-order valence-corrected chi connectivity index (χ0v) is 19.4. The predicted molar refractivity (Wildman–Crippen MR) is 128 cm³/mol. The molecule has 0 saturated carbocycles. The average molecular weight is 499 g/mol. The van der Waals surface area contributed by atoms with Crippen molar-refractivity contribution in [1.29, 1.82) is 0 Å². The van der Waals surface area contributed by atoms with Crippen LogP contribution in [0.1, 0.15) is 5.56 Å². The van der Waals surface area contributed by atoms with Crippen LogP contribution in [0.5, 0.6) is 11.5 Å². The summed E-state index contributed by atoms with van der Waals surface area (Å²) in [4.78, 5) is 18.0. The van der Waals surface area contributed by atoms with E-state index in [2.05, 4.69) is 4.98 Å². The zero-order valence-electron chi connectivity index (χ0n) is 17.1. The van der Waals surface area contributed by atoms with E-state index in [9.17, 15) is 13.2 Å². The molecule has 33 heavy (non-hydrogen) atoms. The van der Waals surface area contributed by atoms with Gasteiger partial charge in [0.05, 0.1) is 22.7 Å². The number of fused-ring (bicyclic) bond motifs is 3. The highest BCUT2D eigenvalue weighted by Crippen LogP contribution is 2.31. The number of para-hydroxylation sites is 2. The number of hydrogen-bond donors (Lipinski definition) is 0. The number of halogens is 1. The van der Waals surface area contributed by atoms with Gasteiger partial charge in [0.1, 0.15) is 4.90 Å². The smallest absolute Gasteiger partial charge is 0.339 e. The summed E-state index contributed by atoms with van der Waals surface area (Å²) >= 11 is 7.10. The van der Waals surface area contributed by atoms with Crippen molar-refractivity contribution in [2.45, 2.75) is 4.90 Å². The number of ether oxygens (including phenoxy) is 1. The third-order valence-corrected chi connectivity index (χ3v) is 7.40. The second-order valence-electron chi connectivity index (χ2n) is 7.04.